The van der Waals surface area contributed by atoms with Gasteiger partial charge in [0.15, 0.2) is 0 Å². The maximum absolute atomic E-state index is 12.9. The summed E-state index contributed by atoms with van der Waals surface area (Å²) in [6.07, 6.45) is 0. The Labute approximate surface area is 177 Å². The number of sulfonamides is 1. The fraction of sp³-hybridized carbons (Fsp3) is 0.174. The van der Waals surface area contributed by atoms with E-state index in [1.165, 1.54) is 30.6 Å². The van der Waals surface area contributed by atoms with E-state index in [0.717, 1.165) is 16.8 Å². The largest absolute Gasteiger partial charge is 0.497 e. The number of nitrogens with zero attached hydrogens (tertiary/aromatic N) is 1. The molecule has 1 amide bonds. The smallest absolute Gasteiger partial charge is 0.264 e. The van der Waals surface area contributed by atoms with Crippen molar-refractivity contribution in [3.63, 3.8) is 0 Å². The minimum Gasteiger partial charge on any atom is -0.497 e. The van der Waals surface area contributed by atoms with Gasteiger partial charge in [0.05, 0.1) is 17.7 Å². The molecule has 0 aromatic heterocycles. The van der Waals surface area contributed by atoms with Crippen LogP contribution in [-0.4, -0.2) is 28.5 Å². The molecule has 0 fully saturated rings. The van der Waals surface area contributed by atoms with Crippen molar-refractivity contribution in [2.75, 3.05) is 23.8 Å². The quantitative estimate of drug-likeness (QED) is 0.637. The molecule has 0 atom stereocenters. The van der Waals surface area contributed by atoms with Crippen molar-refractivity contribution in [2.24, 2.45) is 0 Å². The lowest BCUT2D eigenvalue weighted by molar-refractivity contribution is 0.102. The molecule has 156 valence electrons. The van der Waals surface area contributed by atoms with E-state index in [2.05, 4.69) is 5.32 Å². The first-order valence-electron chi connectivity index (χ1n) is 9.33. The van der Waals surface area contributed by atoms with Crippen LogP contribution in [0.2, 0.25) is 0 Å². The van der Waals surface area contributed by atoms with Crippen LogP contribution in [0.15, 0.2) is 71.6 Å². The van der Waals surface area contributed by atoms with Crippen LogP contribution in [0.4, 0.5) is 11.4 Å². The van der Waals surface area contributed by atoms with Gasteiger partial charge in [0.2, 0.25) is 0 Å². The number of hydrogen-bond acceptors (Lipinski definition) is 4. The highest BCUT2D eigenvalue weighted by molar-refractivity contribution is 7.92. The van der Waals surface area contributed by atoms with Crippen LogP contribution in [0.25, 0.3) is 0 Å². The summed E-state index contributed by atoms with van der Waals surface area (Å²) in [6.45, 7) is 3.94. The number of methoxy groups -OCH3 is 1. The second kappa shape index (κ2) is 8.59. The SMILES string of the molecule is COc1ccc(S(=O)(=O)N(C)c2ccc(C(=O)Nc3cc(C)cc(C)c3)cc2)cc1. The molecule has 3 rings (SSSR count). The molecule has 6 nitrogen and oxygen atoms in total. The third-order valence-corrected chi connectivity index (χ3v) is 6.49. The number of benzene rings is 3. The minimum absolute atomic E-state index is 0.155. The van der Waals surface area contributed by atoms with Crippen molar-refractivity contribution in [1.29, 1.82) is 0 Å². The molecule has 0 aliphatic heterocycles. The Morgan fingerprint density at radius 2 is 1.47 bits per heavy atom. The zero-order chi connectivity index (χ0) is 21.9. The van der Waals surface area contributed by atoms with Crippen LogP contribution in [0, 0.1) is 13.8 Å². The van der Waals surface area contributed by atoms with Crippen LogP contribution < -0.4 is 14.4 Å². The van der Waals surface area contributed by atoms with E-state index in [4.69, 9.17) is 4.74 Å². The standard InChI is InChI=1S/C23H24N2O4S/c1-16-13-17(2)15-19(14-16)24-23(26)18-5-7-20(8-6-18)25(3)30(27,28)22-11-9-21(29-4)10-12-22/h5-15H,1-4H3,(H,24,26). The normalized spacial score (nSPS) is 11.1. The van der Waals surface area contributed by atoms with Gasteiger partial charge in [-0.3, -0.25) is 9.10 Å². The molecule has 0 unspecified atom stereocenters. The lowest BCUT2D eigenvalue weighted by Gasteiger charge is -2.20. The maximum Gasteiger partial charge on any atom is 0.264 e. The zero-order valence-electron chi connectivity index (χ0n) is 17.3. The van der Waals surface area contributed by atoms with Gasteiger partial charge in [-0.1, -0.05) is 6.07 Å². The van der Waals surface area contributed by atoms with Crippen LogP contribution >= 0.6 is 0 Å². The summed E-state index contributed by atoms with van der Waals surface area (Å²) >= 11 is 0. The lowest BCUT2D eigenvalue weighted by atomic mass is 10.1. The summed E-state index contributed by atoms with van der Waals surface area (Å²) in [5.41, 5.74) is 3.74. The minimum atomic E-state index is -3.73. The van der Waals surface area contributed by atoms with E-state index in [0.29, 0.717) is 17.0 Å². The third-order valence-electron chi connectivity index (χ3n) is 4.69. The molecule has 30 heavy (non-hydrogen) atoms. The third kappa shape index (κ3) is 4.63. The summed E-state index contributed by atoms with van der Waals surface area (Å²) in [5, 5.41) is 2.87. The molecule has 0 saturated heterocycles. The fourth-order valence-corrected chi connectivity index (χ4v) is 4.31. The molecule has 0 bridgehead atoms. The Morgan fingerprint density at radius 3 is 2.00 bits per heavy atom. The van der Waals surface area contributed by atoms with E-state index in [1.807, 2.05) is 32.0 Å². The predicted molar refractivity (Wildman–Crippen MR) is 119 cm³/mol. The van der Waals surface area contributed by atoms with E-state index >= 15 is 0 Å². The van der Waals surface area contributed by atoms with Crippen molar-refractivity contribution in [1.82, 2.24) is 0 Å². The van der Waals surface area contributed by atoms with Gasteiger partial charge in [-0.2, -0.15) is 0 Å². The summed E-state index contributed by atoms with van der Waals surface area (Å²) in [6, 6.07) is 18.4. The van der Waals surface area contributed by atoms with Gasteiger partial charge in [-0.15, -0.1) is 0 Å². The summed E-state index contributed by atoms with van der Waals surface area (Å²) < 4.78 is 32.0. The van der Waals surface area contributed by atoms with Gasteiger partial charge in [-0.25, -0.2) is 8.42 Å². The molecule has 0 radical (unpaired) electrons. The van der Waals surface area contributed by atoms with E-state index in [-0.39, 0.29) is 10.8 Å². The fourth-order valence-electron chi connectivity index (χ4n) is 3.12. The first-order valence-corrected chi connectivity index (χ1v) is 10.8. The highest BCUT2D eigenvalue weighted by Crippen LogP contribution is 2.24. The lowest BCUT2D eigenvalue weighted by Crippen LogP contribution is -2.26. The molecule has 7 heteroatoms. The Bertz CT molecular complexity index is 1130. The molecule has 0 heterocycles. The number of hydrogen-bond donors (Lipinski definition) is 1. The van der Waals surface area contributed by atoms with Crippen LogP contribution in [0.1, 0.15) is 21.5 Å². The molecule has 0 aliphatic carbocycles. The molecule has 0 spiro atoms. The highest BCUT2D eigenvalue weighted by Gasteiger charge is 2.21. The van der Waals surface area contributed by atoms with E-state index < -0.39 is 10.0 Å². The number of ether oxygens (including phenoxy) is 1. The van der Waals surface area contributed by atoms with Crippen molar-refractivity contribution in [2.45, 2.75) is 18.7 Å². The Hall–Kier alpha value is -3.32. The number of nitrogens with one attached hydrogen (secondary N) is 1. The van der Waals surface area contributed by atoms with Gasteiger partial charge in [0.25, 0.3) is 15.9 Å². The summed E-state index contributed by atoms with van der Waals surface area (Å²) in [7, 11) is -0.733. The molecular weight excluding hydrogens is 400 g/mol. The Balaban J connectivity index is 1.77. The molecule has 1 N–H and O–H groups in total. The molecule has 3 aromatic carbocycles. The van der Waals surface area contributed by atoms with Crippen LogP contribution in [-0.2, 0) is 10.0 Å². The van der Waals surface area contributed by atoms with Gasteiger partial charge in [0.1, 0.15) is 5.75 Å². The van der Waals surface area contributed by atoms with Crippen molar-refractivity contribution in [3.05, 3.63) is 83.4 Å². The van der Waals surface area contributed by atoms with Gasteiger partial charge < -0.3 is 10.1 Å². The van der Waals surface area contributed by atoms with Crippen molar-refractivity contribution < 1.29 is 17.9 Å². The van der Waals surface area contributed by atoms with Crippen LogP contribution in [0.5, 0.6) is 5.75 Å². The van der Waals surface area contributed by atoms with Crippen molar-refractivity contribution in [3.8, 4) is 5.75 Å². The number of carbonyl (C=O) groups excluding carboxylic acids is 1. The number of rotatable bonds is 6. The first-order chi connectivity index (χ1) is 14.2. The second-order valence-corrected chi connectivity index (χ2v) is 8.99. The number of anilines is 2. The number of amides is 1. The monoisotopic (exact) mass is 424 g/mol. The topological polar surface area (TPSA) is 75.7 Å². The Kier molecular flexibility index (Phi) is 6.12. The van der Waals surface area contributed by atoms with Crippen molar-refractivity contribution >= 4 is 27.3 Å². The predicted octanol–water partition coefficient (Wildman–Crippen LogP) is 4.39. The van der Waals surface area contributed by atoms with E-state index in [9.17, 15) is 13.2 Å². The van der Waals surface area contributed by atoms with Gasteiger partial charge >= 0.3 is 0 Å². The average molecular weight is 425 g/mol. The molecule has 0 saturated carbocycles. The number of aryl methyl sites for hydroxylation is 2. The maximum atomic E-state index is 12.9. The zero-order valence-corrected chi connectivity index (χ0v) is 18.2. The van der Waals surface area contributed by atoms with Gasteiger partial charge in [0, 0.05) is 18.3 Å². The molecule has 3 aromatic rings. The average Bonchev–Trinajstić information content (AvgIpc) is 2.72. The second-order valence-electron chi connectivity index (χ2n) is 7.03. The van der Waals surface area contributed by atoms with Crippen LogP contribution in [0.3, 0.4) is 0 Å². The first kappa shape index (κ1) is 21.4. The molecular formula is C23H24N2O4S. The highest BCUT2D eigenvalue weighted by atomic mass is 32.2. The summed E-state index contributed by atoms with van der Waals surface area (Å²) in [5.74, 6) is 0.322. The molecule has 0 aliphatic rings. The Morgan fingerprint density at radius 1 is 0.900 bits per heavy atom. The van der Waals surface area contributed by atoms with Gasteiger partial charge in [-0.05, 0) is 85.6 Å². The number of carbonyl (C=O) groups is 1. The summed E-state index contributed by atoms with van der Waals surface area (Å²) in [4.78, 5) is 12.7. The van der Waals surface area contributed by atoms with E-state index in [1.54, 1.807) is 36.4 Å².